The molecular weight excluding hydrogens is 150 g/mol. The van der Waals surface area contributed by atoms with E-state index >= 15 is 0 Å². The lowest BCUT2D eigenvalue weighted by Gasteiger charge is -2.10. The molecule has 2 nitrogen and oxygen atoms in total. The van der Waals surface area contributed by atoms with Gasteiger partial charge in [0.15, 0.2) is 0 Å². The number of rotatable bonds is 4. The van der Waals surface area contributed by atoms with Gasteiger partial charge >= 0.3 is 0 Å². The van der Waals surface area contributed by atoms with Crippen LogP contribution in [0.25, 0.3) is 0 Å². The van der Waals surface area contributed by atoms with Crippen molar-refractivity contribution in [2.45, 2.75) is 34.1 Å². The van der Waals surface area contributed by atoms with E-state index in [1.54, 1.807) is 0 Å². The highest BCUT2D eigenvalue weighted by molar-refractivity contribution is 5.06. The fourth-order valence-corrected chi connectivity index (χ4v) is 0.787. The van der Waals surface area contributed by atoms with Gasteiger partial charge in [-0.3, -0.25) is 0 Å². The first-order valence-corrected chi connectivity index (χ1v) is 4.29. The summed E-state index contributed by atoms with van der Waals surface area (Å²) in [6.07, 6.45) is 2.76. The molecule has 0 aromatic rings. The third-order valence-corrected chi connectivity index (χ3v) is 1.62. The first-order valence-electron chi connectivity index (χ1n) is 4.29. The van der Waals surface area contributed by atoms with E-state index in [4.69, 9.17) is 10.5 Å². The highest BCUT2D eigenvalue weighted by Gasteiger charge is 2.00. The summed E-state index contributed by atoms with van der Waals surface area (Å²) in [6, 6.07) is 0. The monoisotopic (exact) mass is 169 g/mol. The van der Waals surface area contributed by atoms with Gasteiger partial charge in [-0.05, 0) is 45.9 Å². The maximum absolute atomic E-state index is 5.56. The molecule has 0 aliphatic heterocycles. The van der Waals surface area contributed by atoms with Crippen molar-refractivity contribution in [1.82, 2.24) is 0 Å². The van der Waals surface area contributed by atoms with Gasteiger partial charge < -0.3 is 10.5 Å². The molecular formula is C10H19NO. The van der Waals surface area contributed by atoms with Gasteiger partial charge in [-0.1, -0.05) is 0 Å². The molecule has 0 saturated carbocycles. The minimum Gasteiger partial charge on any atom is -0.467 e. The number of allylic oxidation sites excluding steroid dienone is 3. The van der Waals surface area contributed by atoms with Crippen LogP contribution >= 0.6 is 0 Å². The van der Waals surface area contributed by atoms with Crippen molar-refractivity contribution in [2.24, 2.45) is 5.73 Å². The minimum absolute atomic E-state index is 0.636. The largest absolute Gasteiger partial charge is 0.467 e. The Morgan fingerprint density at radius 2 is 1.92 bits per heavy atom. The Morgan fingerprint density at radius 3 is 2.25 bits per heavy atom. The smallest absolute Gasteiger partial charge is 0.103 e. The van der Waals surface area contributed by atoms with Crippen molar-refractivity contribution in [3.63, 3.8) is 0 Å². The summed E-state index contributed by atoms with van der Waals surface area (Å²) in [5.74, 6) is 1.92. The average Bonchev–Trinajstić information content (AvgIpc) is 2.03. The number of nitrogens with two attached hydrogens (primary N) is 1. The Labute approximate surface area is 75.1 Å². The van der Waals surface area contributed by atoms with Gasteiger partial charge in [0.05, 0.1) is 5.76 Å². The number of hydrogen-bond donors (Lipinski definition) is 1. The van der Waals surface area contributed by atoms with E-state index in [0.29, 0.717) is 6.54 Å². The van der Waals surface area contributed by atoms with Gasteiger partial charge in [0.25, 0.3) is 0 Å². The summed E-state index contributed by atoms with van der Waals surface area (Å²) in [4.78, 5) is 0. The molecule has 0 spiro atoms. The molecule has 12 heavy (non-hydrogen) atoms. The summed E-state index contributed by atoms with van der Waals surface area (Å²) in [5.41, 5.74) is 6.65. The number of hydrogen-bond acceptors (Lipinski definition) is 2. The predicted octanol–water partition coefficient (Wildman–Crippen LogP) is 2.57. The molecule has 0 fully saturated rings. The Morgan fingerprint density at radius 1 is 1.33 bits per heavy atom. The molecule has 70 valence electrons. The van der Waals surface area contributed by atoms with Crippen LogP contribution in [0.1, 0.15) is 34.1 Å². The van der Waals surface area contributed by atoms with Gasteiger partial charge in [0.2, 0.25) is 0 Å². The third kappa shape index (κ3) is 4.19. The predicted molar refractivity (Wildman–Crippen MR) is 52.6 cm³/mol. The van der Waals surface area contributed by atoms with Crippen LogP contribution in [0.15, 0.2) is 23.2 Å². The van der Waals surface area contributed by atoms with Gasteiger partial charge in [0.1, 0.15) is 5.76 Å². The van der Waals surface area contributed by atoms with Gasteiger partial charge in [-0.15, -0.1) is 0 Å². The van der Waals surface area contributed by atoms with E-state index in [0.717, 1.165) is 17.9 Å². The molecule has 2 N–H and O–H groups in total. The summed E-state index contributed by atoms with van der Waals surface area (Å²) in [6.45, 7) is 8.61. The third-order valence-electron chi connectivity index (χ3n) is 1.62. The topological polar surface area (TPSA) is 35.2 Å². The van der Waals surface area contributed by atoms with Crippen LogP contribution < -0.4 is 5.73 Å². The zero-order valence-corrected chi connectivity index (χ0v) is 8.48. The molecule has 0 heterocycles. The lowest BCUT2D eigenvalue weighted by molar-refractivity contribution is 0.288. The van der Waals surface area contributed by atoms with E-state index in [2.05, 4.69) is 0 Å². The van der Waals surface area contributed by atoms with Crippen molar-refractivity contribution in [3.8, 4) is 0 Å². The second kappa shape index (κ2) is 5.84. The first-order chi connectivity index (χ1) is 5.61. The SMILES string of the molecule is C/C=C(\C)OC(CCN)=C(C)C. The fourth-order valence-electron chi connectivity index (χ4n) is 0.787. The van der Waals surface area contributed by atoms with Gasteiger partial charge in [-0.25, -0.2) is 0 Å². The Bertz CT molecular complexity index is 188. The molecule has 0 aliphatic rings. The van der Waals surface area contributed by atoms with Crippen molar-refractivity contribution in [2.75, 3.05) is 6.54 Å². The van der Waals surface area contributed by atoms with E-state index in [1.807, 2.05) is 33.8 Å². The zero-order valence-electron chi connectivity index (χ0n) is 8.48. The summed E-state index contributed by atoms with van der Waals surface area (Å²) in [7, 11) is 0. The maximum atomic E-state index is 5.56. The standard InChI is InChI=1S/C10H19NO/c1-5-9(4)12-10(6-7-11)8(2)3/h5H,6-7,11H2,1-4H3/b9-5+. The molecule has 0 rings (SSSR count). The molecule has 0 aromatic heterocycles. The van der Waals surface area contributed by atoms with Crippen LogP contribution in [0, 0.1) is 0 Å². The molecule has 0 unspecified atom stereocenters. The number of ether oxygens (including phenoxy) is 1. The van der Waals surface area contributed by atoms with Gasteiger partial charge in [0, 0.05) is 6.42 Å². The molecule has 2 heteroatoms. The van der Waals surface area contributed by atoms with E-state index in [9.17, 15) is 0 Å². The normalized spacial score (nSPS) is 11.2. The van der Waals surface area contributed by atoms with Crippen LogP contribution in [-0.2, 0) is 4.74 Å². The van der Waals surface area contributed by atoms with Crippen LogP contribution in [0.2, 0.25) is 0 Å². The van der Waals surface area contributed by atoms with E-state index < -0.39 is 0 Å². The van der Waals surface area contributed by atoms with Crippen molar-refractivity contribution >= 4 is 0 Å². The zero-order chi connectivity index (χ0) is 9.56. The van der Waals surface area contributed by atoms with Crippen molar-refractivity contribution in [1.29, 1.82) is 0 Å². The van der Waals surface area contributed by atoms with Crippen LogP contribution in [0.3, 0.4) is 0 Å². The molecule has 0 aliphatic carbocycles. The van der Waals surface area contributed by atoms with Crippen LogP contribution in [0.4, 0.5) is 0 Å². The van der Waals surface area contributed by atoms with E-state index in [1.165, 1.54) is 5.57 Å². The molecule has 0 amide bonds. The van der Waals surface area contributed by atoms with Crippen molar-refractivity contribution < 1.29 is 4.74 Å². The first kappa shape index (κ1) is 11.2. The van der Waals surface area contributed by atoms with Crippen LogP contribution in [-0.4, -0.2) is 6.54 Å². The average molecular weight is 169 g/mol. The summed E-state index contributed by atoms with van der Waals surface area (Å²) >= 11 is 0. The second-order valence-electron chi connectivity index (χ2n) is 2.96. The quantitative estimate of drug-likeness (QED) is 0.656. The molecule has 0 radical (unpaired) electrons. The Hall–Kier alpha value is -0.760. The van der Waals surface area contributed by atoms with Crippen LogP contribution in [0.5, 0.6) is 0 Å². The highest BCUT2D eigenvalue weighted by atomic mass is 16.5. The highest BCUT2D eigenvalue weighted by Crippen LogP contribution is 2.13. The molecule has 0 saturated heterocycles. The summed E-state index contributed by atoms with van der Waals surface area (Å²) in [5, 5.41) is 0. The lowest BCUT2D eigenvalue weighted by atomic mass is 10.2. The minimum atomic E-state index is 0.636. The maximum Gasteiger partial charge on any atom is 0.103 e. The molecule has 0 bridgehead atoms. The second-order valence-corrected chi connectivity index (χ2v) is 2.96. The van der Waals surface area contributed by atoms with E-state index in [-0.39, 0.29) is 0 Å². The molecule has 0 atom stereocenters. The Balaban J connectivity index is 4.26. The van der Waals surface area contributed by atoms with Crippen molar-refractivity contribution in [3.05, 3.63) is 23.2 Å². The Kier molecular flexibility index (Phi) is 5.47. The lowest BCUT2D eigenvalue weighted by Crippen LogP contribution is -2.03. The molecule has 0 aromatic carbocycles. The van der Waals surface area contributed by atoms with Gasteiger partial charge in [-0.2, -0.15) is 0 Å². The summed E-state index contributed by atoms with van der Waals surface area (Å²) < 4.78 is 5.56. The fraction of sp³-hybridized carbons (Fsp3) is 0.600.